The third-order valence-corrected chi connectivity index (χ3v) is 3.46. The van der Waals surface area contributed by atoms with E-state index in [0.717, 1.165) is 28.8 Å². The zero-order valence-corrected chi connectivity index (χ0v) is 9.94. The monoisotopic (exact) mass is 212 g/mol. The molecule has 78 valence electrons. The normalized spacial score (nSPS) is 10.3. The maximum Gasteiger partial charge on any atom is 0.186 e. The second-order valence-corrected chi connectivity index (χ2v) is 4.12. The number of aryl methyl sites for hydroxylation is 1. The topological polar surface area (TPSA) is 33.2 Å². The van der Waals surface area contributed by atoms with Gasteiger partial charge in [0, 0.05) is 20.0 Å². The van der Waals surface area contributed by atoms with Crippen molar-refractivity contribution in [2.45, 2.75) is 27.7 Å². The van der Waals surface area contributed by atoms with Crippen molar-refractivity contribution in [3.63, 3.8) is 0 Å². The maximum atomic E-state index is 11.2. The van der Waals surface area contributed by atoms with E-state index in [1.54, 1.807) is 6.92 Å². The number of rotatable bonds is 4. The summed E-state index contributed by atoms with van der Waals surface area (Å²) >= 11 is 1.49. The number of ketones is 1. The summed E-state index contributed by atoms with van der Waals surface area (Å²) in [6, 6.07) is 0. The molecular weight excluding hydrogens is 196 g/mol. The van der Waals surface area contributed by atoms with Crippen LogP contribution in [0.5, 0.6) is 0 Å². The van der Waals surface area contributed by atoms with E-state index in [1.807, 2.05) is 6.92 Å². The predicted octanol–water partition coefficient (Wildman–Crippen LogP) is 2.50. The van der Waals surface area contributed by atoms with Gasteiger partial charge in [-0.25, -0.2) is 4.98 Å². The smallest absolute Gasteiger partial charge is 0.186 e. The molecule has 0 aromatic carbocycles. The summed E-state index contributed by atoms with van der Waals surface area (Å²) in [4.78, 5) is 18.6. The number of carbonyl (C=O) groups excluding carboxylic acids is 1. The van der Waals surface area contributed by atoms with Crippen molar-refractivity contribution < 1.29 is 4.79 Å². The fraction of sp³-hybridized carbons (Fsp3) is 0.600. The number of hydrogen-bond donors (Lipinski definition) is 0. The van der Waals surface area contributed by atoms with E-state index in [9.17, 15) is 4.79 Å². The Kier molecular flexibility index (Phi) is 3.63. The van der Waals surface area contributed by atoms with E-state index >= 15 is 0 Å². The molecule has 0 aliphatic heterocycles. The number of hydrogen-bond acceptors (Lipinski definition) is 4. The Morgan fingerprint density at radius 3 is 2.36 bits per heavy atom. The van der Waals surface area contributed by atoms with Gasteiger partial charge in [-0.1, -0.05) is 11.3 Å². The van der Waals surface area contributed by atoms with E-state index < -0.39 is 0 Å². The first kappa shape index (κ1) is 11.2. The third-order valence-electron chi connectivity index (χ3n) is 2.14. The Morgan fingerprint density at radius 1 is 1.43 bits per heavy atom. The zero-order valence-electron chi connectivity index (χ0n) is 9.13. The summed E-state index contributed by atoms with van der Waals surface area (Å²) in [6.07, 6.45) is 0. The van der Waals surface area contributed by atoms with Gasteiger partial charge in [0.2, 0.25) is 0 Å². The van der Waals surface area contributed by atoms with Gasteiger partial charge in [-0.3, -0.25) is 4.79 Å². The number of aromatic nitrogens is 1. The molecule has 1 rings (SSSR count). The molecule has 0 radical (unpaired) electrons. The molecule has 0 bridgehead atoms. The van der Waals surface area contributed by atoms with E-state index in [0.29, 0.717) is 0 Å². The average Bonchev–Trinajstić information content (AvgIpc) is 2.50. The third kappa shape index (κ3) is 2.12. The van der Waals surface area contributed by atoms with Gasteiger partial charge in [0.25, 0.3) is 0 Å². The van der Waals surface area contributed by atoms with Gasteiger partial charge in [0.1, 0.15) is 0 Å². The molecule has 0 saturated carbocycles. The lowest BCUT2D eigenvalue weighted by atomic mass is 10.3. The van der Waals surface area contributed by atoms with Crippen molar-refractivity contribution in [3.8, 4) is 0 Å². The van der Waals surface area contributed by atoms with Crippen molar-refractivity contribution in [2.24, 2.45) is 0 Å². The molecule has 0 N–H and O–H groups in total. The minimum atomic E-state index is 0.110. The Labute approximate surface area is 88.8 Å². The van der Waals surface area contributed by atoms with Crippen molar-refractivity contribution >= 4 is 22.3 Å². The molecule has 14 heavy (non-hydrogen) atoms. The van der Waals surface area contributed by atoms with Gasteiger partial charge in [-0.15, -0.1) is 0 Å². The van der Waals surface area contributed by atoms with Gasteiger partial charge in [-0.05, 0) is 20.8 Å². The second-order valence-electron chi connectivity index (χ2n) is 3.14. The van der Waals surface area contributed by atoms with Crippen molar-refractivity contribution in [2.75, 3.05) is 18.0 Å². The molecule has 1 aromatic heterocycles. The molecule has 1 aromatic rings. The summed E-state index contributed by atoms with van der Waals surface area (Å²) in [5.41, 5.74) is 0.851. The molecule has 3 nitrogen and oxygen atoms in total. The van der Waals surface area contributed by atoms with Crippen LogP contribution in [0.15, 0.2) is 0 Å². The molecule has 0 aliphatic rings. The van der Waals surface area contributed by atoms with Crippen LogP contribution in [0.3, 0.4) is 0 Å². The Balaban J connectivity index is 3.01. The molecule has 0 atom stereocenters. The van der Waals surface area contributed by atoms with Crippen LogP contribution in [-0.4, -0.2) is 23.9 Å². The molecule has 0 aliphatic carbocycles. The van der Waals surface area contributed by atoms with Crippen LogP contribution in [-0.2, 0) is 0 Å². The summed E-state index contributed by atoms with van der Waals surface area (Å²) in [7, 11) is 0. The predicted molar refractivity (Wildman–Crippen MR) is 60.4 cm³/mol. The van der Waals surface area contributed by atoms with Gasteiger partial charge < -0.3 is 4.90 Å². The Hall–Kier alpha value is -0.900. The summed E-state index contributed by atoms with van der Waals surface area (Å²) in [6.45, 7) is 9.52. The van der Waals surface area contributed by atoms with Crippen molar-refractivity contribution in [1.82, 2.24) is 4.98 Å². The van der Waals surface area contributed by atoms with Gasteiger partial charge in [-0.2, -0.15) is 0 Å². The summed E-state index contributed by atoms with van der Waals surface area (Å²) in [5, 5.41) is 0.956. The molecule has 0 unspecified atom stereocenters. The maximum absolute atomic E-state index is 11.2. The van der Waals surface area contributed by atoms with Gasteiger partial charge >= 0.3 is 0 Å². The van der Waals surface area contributed by atoms with Crippen LogP contribution in [0.1, 0.15) is 36.1 Å². The van der Waals surface area contributed by atoms with Crippen LogP contribution in [0.4, 0.5) is 5.13 Å². The fourth-order valence-corrected chi connectivity index (χ4v) is 2.43. The number of anilines is 1. The largest absolute Gasteiger partial charge is 0.349 e. The zero-order chi connectivity index (χ0) is 10.7. The van der Waals surface area contributed by atoms with Crippen molar-refractivity contribution in [1.29, 1.82) is 0 Å². The first-order chi connectivity index (χ1) is 6.60. The van der Waals surface area contributed by atoms with E-state index in [4.69, 9.17) is 0 Å². The average molecular weight is 212 g/mol. The minimum absolute atomic E-state index is 0.110. The highest BCUT2D eigenvalue weighted by Gasteiger charge is 2.14. The highest BCUT2D eigenvalue weighted by atomic mass is 32.1. The highest BCUT2D eigenvalue weighted by Crippen LogP contribution is 2.25. The van der Waals surface area contributed by atoms with Gasteiger partial charge in [0.05, 0.1) is 10.6 Å². The van der Waals surface area contributed by atoms with Crippen LogP contribution in [0.2, 0.25) is 0 Å². The number of Topliss-reactive ketones (excluding diaryl/α,β-unsaturated/α-hetero) is 1. The minimum Gasteiger partial charge on any atom is -0.349 e. The molecule has 4 heteroatoms. The van der Waals surface area contributed by atoms with Crippen LogP contribution >= 0.6 is 11.3 Å². The van der Waals surface area contributed by atoms with Gasteiger partial charge in [0.15, 0.2) is 10.9 Å². The molecule has 1 heterocycles. The Bertz CT molecular complexity index is 329. The van der Waals surface area contributed by atoms with E-state index in [2.05, 4.69) is 23.7 Å². The molecule has 0 spiro atoms. The quantitative estimate of drug-likeness (QED) is 0.719. The van der Waals surface area contributed by atoms with Crippen molar-refractivity contribution in [3.05, 3.63) is 10.6 Å². The molecule has 0 saturated heterocycles. The number of carbonyl (C=O) groups is 1. The number of nitrogens with zero attached hydrogens (tertiary/aromatic N) is 2. The fourth-order valence-electron chi connectivity index (χ4n) is 1.34. The van der Waals surface area contributed by atoms with E-state index in [-0.39, 0.29) is 5.78 Å². The van der Waals surface area contributed by atoms with Crippen LogP contribution in [0.25, 0.3) is 0 Å². The standard InChI is InChI=1S/C10H16N2OS/c1-5-12(6-2)10-11-7(3)9(14-10)8(4)13/h5-6H2,1-4H3. The summed E-state index contributed by atoms with van der Waals surface area (Å²) < 4.78 is 0. The molecule has 0 amide bonds. The van der Waals surface area contributed by atoms with Crippen LogP contribution < -0.4 is 4.90 Å². The number of thiazole rings is 1. The first-order valence-electron chi connectivity index (χ1n) is 4.83. The highest BCUT2D eigenvalue weighted by molar-refractivity contribution is 7.17. The molecular formula is C10H16N2OS. The second kappa shape index (κ2) is 4.55. The van der Waals surface area contributed by atoms with Crippen LogP contribution in [0, 0.1) is 6.92 Å². The lowest BCUT2D eigenvalue weighted by Gasteiger charge is -2.16. The molecule has 0 fully saturated rings. The SMILES string of the molecule is CCN(CC)c1nc(C)c(C(C)=O)s1. The summed E-state index contributed by atoms with van der Waals surface area (Å²) in [5.74, 6) is 0.110. The first-order valence-corrected chi connectivity index (χ1v) is 5.65. The van der Waals surface area contributed by atoms with E-state index in [1.165, 1.54) is 11.3 Å². The lowest BCUT2D eigenvalue weighted by molar-refractivity contribution is 0.102. The lowest BCUT2D eigenvalue weighted by Crippen LogP contribution is -2.21. The Morgan fingerprint density at radius 2 is 2.00 bits per heavy atom.